The van der Waals surface area contributed by atoms with Crippen LogP contribution in [0.25, 0.3) is 0 Å². The Bertz CT molecular complexity index is 641. The molecule has 0 heterocycles. The normalized spacial score (nSPS) is 10.5. The Kier molecular flexibility index (Phi) is 6.67. The summed E-state index contributed by atoms with van der Waals surface area (Å²) in [6, 6.07) is 17.5. The number of carbonyl (C=O) groups excluding carboxylic acids is 1. The molecule has 2 rings (SSSR count). The zero-order valence-electron chi connectivity index (χ0n) is 14.7. The number of nitrogens with one attached hydrogen (secondary N) is 1. The van der Waals surface area contributed by atoms with Crippen molar-refractivity contribution in [3.63, 3.8) is 0 Å². The number of rotatable bonds is 8. The van der Waals surface area contributed by atoms with E-state index in [4.69, 9.17) is 4.74 Å². The largest absolute Gasteiger partial charge is 0.493 e. The first kappa shape index (κ1) is 17.9. The lowest BCUT2D eigenvalue weighted by atomic mass is 10.2. The monoisotopic (exact) mass is 326 g/mol. The fourth-order valence-corrected chi connectivity index (χ4v) is 2.32. The summed E-state index contributed by atoms with van der Waals surface area (Å²) >= 11 is 0. The van der Waals surface area contributed by atoms with Crippen LogP contribution in [-0.4, -0.2) is 25.6 Å². The molecule has 0 aliphatic rings. The Hall–Kier alpha value is -2.49. The molecule has 2 aromatic rings. The number of carbonyl (C=O) groups is 1. The summed E-state index contributed by atoms with van der Waals surface area (Å²) in [6.45, 7) is 8.01. The van der Waals surface area contributed by atoms with E-state index in [1.807, 2.05) is 66.4 Å². The second kappa shape index (κ2) is 8.96. The molecule has 0 radical (unpaired) electrons. The first-order valence-electron chi connectivity index (χ1n) is 8.41. The van der Waals surface area contributed by atoms with Gasteiger partial charge in [0.05, 0.1) is 13.2 Å². The third-order valence-corrected chi connectivity index (χ3v) is 3.54. The molecule has 0 fully saturated rings. The lowest BCUT2D eigenvalue weighted by molar-refractivity contribution is -0.115. The number of hydrogen-bond acceptors (Lipinski definition) is 3. The quantitative estimate of drug-likeness (QED) is 0.791. The molecule has 0 atom stereocenters. The standard InChI is InChI=1S/C20H26N2O2/c1-4-22(18-10-6-5-7-11-18)14-20(23)21-17-9-8-12-19(13-17)24-15-16(2)3/h5-13,16H,4,14-15H2,1-3H3,(H,21,23). The molecule has 0 aliphatic carbocycles. The molecule has 0 aliphatic heterocycles. The van der Waals surface area contributed by atoms with E-state index in [0.29, 0.717) is 19.1 Å². The first-order chi connectivity index (χ1) is 11.6. The molecule has 1 N–H and O–H groups in total. The Balaban J connectivity index is 1.95. The van der Waals surface area contributed by atoms with E-state index in [0.717, 1.165) is 23.7 Å². The molecule has 4 heteroatoms. The fraction of sp³-hybridized carbons (Fsp3) is 0.350. The second-order valence-corrected chi connectivity index (χ2v) is 6.13. The van der Waals surface area contributed by atoms with Gasteiger partial charge in [-0.15, -0.1) is 0 Å². The minimum Gasteiger partial charge on any atom is -0.493 e. The van der Waals surface area contributed by atoms with E-state index in [-0.39, 0.29) is 5.91 Å². The van der Waals surface area contributed by atoms with Crippen molar-refractivity contribution in [3.05, 3.63) is 54.6 Å². The molecular weight excluding hydrogens is 300 g/mol. The molecule has 24 heavy (non-hydrogen) atoms. The van der Waals surface area contributed by atoms with Crippen LogP contribution in [-0.2, 0) is 4.79 Å². The number of para-hydroxylation sites is 1. The molecule has 0 aromatic heterocycles. The van der Waals surface area contributed by atoms with Gasteiger partial charge in [-0.1, -0.05) is 38.1 Å². The second-order valence-electron chi connectivity index (χ2n) is 6.13. The minimum atomic E-state index is -0.0401. The highest BCUT2D eigenvalue weighted by Gasteiger charge is 2.10. The number of hydrogen-bond donors (Lipinski definition) is 1. The van der Waals surface area contributed by atoms with Crippen molar-refractivity contribution in [1.29, 1.82) is 0 Å². The number of benzene rings is 2. The zero-order chi connectivity index (χ0) is 17.4. The van der Waals surface area contributed by atoms with E-state index in [9.17, 15) is 4.79 Å². The van der Waals surface area contributed by atoms with Gasteiger partial charge in [0.1, 0.15) is 5.75 Å². The molecule has 0 saturated carbocycles. The van der Waals surface area contributed by atoms with Crippen LogP contribution in [0.15, 0.2) is 54.6 Å². The highest BCUT2D eigenvalue weighted by molar-refractivity contribution is 5.94. The van der Waals surface area contributed by atoms with Crippen LogP contribution in [0.3, 0.4) is 0 Å². The molecule has 0 bridgehead atoms. The predicted molar refractivity (Wildman–Crippen MR) is 99.7 cm³/mol. The Morgan fingerprint density at radius 1 is 1.12 bits per heavy atom. The third-order valence-electron chi connectivity index (χ3n) is 3.54. The molecule has 1 amide bonds. The molecule has 0 spiro atoms. The van der Waals surface area contributed by atoms with Gasteiger partial charge in [-0.25, -0.2) is 0 Å². The van der Waals surface area contributed by atoms with E-state index in [1.165, 1.54) is 0 Å². The Morgan fingerprint density at radius 3 is 2.54 bits per heavy atom. The summed E-state index contributed by atoms with van der Waals surface area (Å²) in [5.74, 6) is 1.20. The van der Waals surface area contributed by atoms with Gasteiger partial charge in [-0.3, -0.25) is 4.79 Å². The molecular formula is C20H26N2O2. The summed E-state index contributed by atoms with van der Waals surface area (Å²) in [6.07, 6.45) is 0. The molecule has 0 unspecified atom stereocenters. The smallest absolute Gasteiger partial charge is 0.243 e. The number of nitrogens with zero attached hydrogens (tertiary/aromatic N) is 1. The van der Waals surface area contributed by atoms with Crippen LogP contribution >= 0.6 is 0 Å². The van der Waals surface area contributed by atoms with Gasteiger partial charge < -0.3 is 15.0 Å². The highest BCUT2D eigenvalue weighted by atomic mass is 16.5. The predicted octanol–water partition coefficient (Wildman–Crippen LogP) is 4.19. The van der Waals surface area contributed by atoms with Gasteiger partial charge in [0.15, 0.2) is 0 Å². The van der Waals surface area contributed by atoms with Crippen molar-refractivity contribution >= 4 is 17.3 Å². The number of likely N-dealkylation sites (N-methyl/N-ethyl adjacent to an activating group) is 1. The van der Waals surface area contributed by atoms with Gasteiger partial charge in [-0.2, -0.15) is 0 Å². The SMILES string of the molecule is CCN(CC(=O)Nc1cccc(OCC(C)C)c1)c1ccccc1. The number of amides is 1. The Labute approximate surface area is 144 Å². The van der Waals surface area contributed by atoms with E-state index in [1.54, 1.807) is 0 Å². The van der Waals surface area contributed by atoms with Gasteiger partial charge in [-0.05, 0) is 37.1 Å². The topological polar surface area (TPSA) is 41.6 Å². The van der Waals surface area contributed by atoms with Crippen LogP contribution in [0, 0.1) is 5.92 Å². The number of anilines is 2. The van der Waals surface area contributed by atoms with Crippen molar-refractivity contribution < 1.29 is 9.53 Å². The highest BCUT2D eigenvalue weighted by Crippen LogP contribution is 2.18. The molecule has 128 valence electrons. The molecule has 2 aromatic carbocycles. The molecule has 4 nitrogen and oxygen atoms in total. The average molecular weight is 326 g/mol. The van der Waals surface area contributed by atoms with Gasteiger partial charge in [0.2, 0.25) is 5.91 Å². The van der Waals surface area contributed by atoms with Crippen LogP contribution in [0.2, 0.25) is 0 Å². The van der Waals surface area contributed by atoms with E-state index >= 15 is 0 Å². The first-order valence-corrected chi connectivity index (χ1v) is 8.41. The summed E-state index contributed by atoms with van der Waals surface area (Å²) in [5.41, 5.74) is 1.80. The lowest BCUT2D eigenvalue weighted by Gasteiger charge is -2.22. The minimum absolute atomic E-state index is 0.0401. The van der Waals surface area contributed by atoms with Crippen molar-refractivity contribution in [2.45, 2.75) is 20.8 Å². The van der Waals surface area contributed by atoms with Gasteiger partial charge >= 0.3 is 0 Å². The maximum Gasteiger partial charge on any atom is 0.243 e. The van der Waals surface area contributed by atoms with Crippen molar-refractivity contribution in [2.75, 3.05) is 29.9 Å². The summed E-state index contributed by atoms with van der Waals surface area (Å²) in [4.78, 5) is 14.4. The van der Waals surface area contributed by atoms with Crippen molar-refractivity contribution in [2.24, 2.45) is 5.92 Å². The summed E-state index contributed by atoms with van der Waals surface area (Å²) < 4.78 is 5.70. The zero-order valence-corrected chi connectivity index (χ0v) is 14.7. The van der Waals surface area contributed by atoms with Crippen LogP contribution in [0.4, 0.5) is 11.4 Å². The maximum atomic E-state index is 12.3. The molecule has 0 saturated heterocycles. The lowest BCUT2D eigenvalue weighted by Crippen LogP contribution is -2.33. The average Bonchev–Trinajstić information content (AvgIpc) is 2.59. The van der Waals surface area contributed by atoms with Crippen LogP contribution in [0.1, 0.15) is 20.8 Å². The van der Waals surface area contributed by atoms with E-state index < -0.39 is 0 Å². The van der Waals surface area contributed by atoms with E-state index in [2.05, 4.69) is 19.2 Å². The van der Waals surface area contributed by atoms with Crippen LogP contribution in [0.5, 0.6) is 5.75 Å². The Morgan fingerprint density at radius 2 is 1.88 bits per heavy atom. The van der Waals surface area contributed by atoms with Gasteiger partial charge in [0, 0.05) is 24.0 Å². The van der Waals surface area contributed by atoms with Crippen molar-refractivity contribution in [3.8, 4) is 5.75 Å². The van der Waals surface area contributed by atoms with Gasteiger partial charge in [0.25, 0.3) is 0 Å². The fourth-order valence-electron chi connectivity index (χ4n) is 2.32. The maximum absolute atomic E-state index is 12.3. The van der Waals surface area contributed by atoms with Crippen molar-refractivity contribution in [1.82, 2.24) is 0 Å². The third kappa shape index (κ3) is 5.61. The summed E-state index contributed by atoms with van der Waals surface area (Å²) in [7, 11) is 0. The summed E-state index contributed by atoms with van der Waals surface area (Å²) in [5, 5.41) is 2.94. The van der Waals surface area contributed by atoms with Crippen LogP contribution < -0.4 is 15.0 Å². The number of ether oxygens (including phenoxy) is 1.